The van der Waals surface area contributed by atoms with Crippen molar-refractivity contribution < 1.29 is 4.39 Å². The summed E-state index contributed by atoms with van der Waals surface area (Å²) >= 11 is 0. The molecule has 0 heterocycles. The van der Waals surface area contributed by atoms with Gasteiger partial charge >= 0.3 is 0 Å². The first kappa shape index (κ1) is 17.2. The van der Waals surface area contributed by atoms with Crippen LogP contribution < -0.4 is 0 Å². The van der Waals surface area contributed by atoms with Crippen molar-refractivity contribution in [3.8, 4) is 0 Å². The molecule has 0 aromatic heterocycles. The van der Waals surface area contributed by atoms with Crippen LogP contribution in [-0.4, -0.2) is 0 Å². The van der Waals surface area contributed by atoms with Crippen molar-refractivity contribution in [2.45, 2.75) is 71.1 Å². The summed E-state index contributed by atoms with van der Waals surface area (Å²) in [5.41, 5.74) is 1.23. The zero-order valence-electron chi connectivity index (χ0n) is 14.1. The van der Waals surface area contributed by atoms with Gasteiger partial charge in [0.1, 0.15) is 5.82 Å². The minimum Gasteiger partial charge on any atom is -0.207 e. The molecule has 0 saturated heterocycles. The van der Waals surface area contributed by atoms with E-state index in [1.165, 1.54) is 56.9 Å². The Kier molecular flexibility index (Phi) is 7.70. The molecule has 1 fully saturated rings. The molecule has 22 heavy (non-hydrogen) atoms. The van der Waals surface area contributed by atoms with Gasteiger partial charge in [-0.2, -0.15) is 0 Å². The normalized spacial score (nSPS) is 22.3. The van der Waals surface area contributed by atoms with E-state index in [9.17, 15) is 4.39 Å². The van der Waals surface area contributed by atoms with Crippen molar-refractivity contribution in [1.29, 1.82) is 0 Å². The number of hydrogen-bond acceptors (Lipinski definition) is 0. The van der Waals surface area contributed by atoms with E-state index in [1.807, 2.05) is 12.1 Å². The maximum atomic E-state index is 12.8. The van der Waals surface area contributed by atoms with E-state index >= 15 is 0 Å². The lowest BCUT2D eigenvalue weighted by Gasteiger charge is -2.26. The lowest BCUT2D eigenvalue weighted by molar-refractivity contribution is 0.289. The molecule has 0 bridgehead atoms. The fraction of sp³-hybridized carbons (Fsp3) is 0.619. The van der Waals surface area contributed by atoms with Gasteiger partial charge in [0.25, 0.3) is 0 Å². The second kappa shape index (κ2) is 9.82. The standard InChI is InChI=1S/C21H31F/c1-2-3-4-7-18-10-12-19(13-11-18)8-5-6-9-20-14-16-21(22)17-15-20/h5,8,14-19H,2-4,6-7,9-13H2,1H3/b8-5+/t18-,19-. The molecule has 0 aliphatic heterocycles. The topological polar surface area (TPSA) is 0 Å². The summed E-state index contributed by atoms with van der Waals surface area (Å²) in [5.74, 6) is 1.65. The molecule has 0 spiro atoms. The van der Waals surface area contributed by atoms with Gasteiger partial charge in [-0.15, -0.1) is 0 Å². The largest absolute Gasteiger partial charge is 0.207 e. The van der Waals surface area contributed by atoms with Gasteiger partial charge in [-0.1, -0.05) is 56.9 Å². The Morgan fingerprint density at radius 2 is 1.77 bits per heavy atom. The predicted octanol–water partition coefficient (Wildman–Crippen LogP) is 6.70. The molecule has 1 aliphatic carbocycles. The van der Waals surface area contributed by atoms with Crippen LogP contribution in [-0.2, 0) is 6.42 Å². The van der Waals surface area contributed by atoms with Crippen molar-refractivity contribution in [3.63, 3.8) is 0 Å². The van der Waals surface area contributed by atoms with E-state index in [4.69, 9.17) is 0 Å². The average Bonchev–Trinajstić information content (AvgIpc) is 2.55. The van der Waals surface area contributed by atoms with E-state index in [-0.39, 0.29) is 5.82 Å². The third kappa shape index (κ3) is 6.34. The average molecular weight is 302 g/mol. The maximum Gasteiger partial charge on any atom is 0.123 e. The van der Waals surface area contributed by atoms with Crippen LogP contribution in [0.25, 0.3) is 0 Å². The predicted molar refractivity (Wildman–Crippen MR) is 93.5 cm³/mol. The minimum atomic E-state index is -0.144. The van der Waals surface area contributed by atoms with Crippen LogP contribution in [0, 0.1) is 17.7 Å². The molecule has 0 N–H and O–H groups in total. The third-order valence-electron chi connectivity index (χ3n) is 5.03. The lowest BCUT2D eigenvalue weighted by atomic mass is 9.79. The summed E-state index contributed by atoms with van der Waals surface area (Å²) in [7, 11) is 0. The van der Waals surface area contributed by atoms with Crippen LogP contribution in [0.3, 0.4) is 0 Å². The molecule has 0 radical (unpaired) electrons. The number of rotatable bonds is 8. The molecule has 2 rings (SSSR count). The number of halogens is 1. The first-order valence-electron chi connectivity index (χ1n) is 9.19. The van der Waals surface area contributed by atoms with E-state index in [0.717, 1.165) is 24.7 Å². The van der Waals surface area contributed by atoms with E-state index in [1.54, 1.807) is 12.1 Å². The Labute approximate surface area is 135 Å². The second-order valence-electron chi connectivity index (χ2n) is 6.87. The third-order valence-corrected chi connectivity index (χ3v) is 5.03. The minimum absolute atomic E-state index is 0.144. The molecule has 122 valence electrons. The SMILES string of the molecule is CCCCC[C@H]1CC[C@H](/C=C/CCc2ccc(F)cc2)CC1. The Hall–Kier alpha value is -1.11. The summed E-state index contributed by atoms with van der Waals surface area (Å²) in [4.78, 5) is 0. The van der Waals surface area contributed by atoms with Gasteiger partial charge in [-0.25, -0.2) is 4.39 Å². The summed E-state index contributed by atoms with van der Waals surface area (Å²) in [6, 6.07) is 6.90. The van der Waals surface area contributed by atoms with Gasteiger partial charge in [-0.3, -0.25) is 0 Å². The summed E-state index contributed by atoms with van der Waals surface area (Å²) < 4.78 is 12.8. The molecule has 1 aromatic rings. The van der Waals surface area contributed by atoms with Crippen molar-refractivity contribution in [2.24, 2.45) is 11.8 Å². The van der Waals surface area contributed by atoms with Gasteiger partial charge in [0, 0.05) is 0 Å². The highest BCUT2D eigenvalue weighted by molar-refractivity contribution is 5.16. The van der Waals surface area contributed by atoms with Crippen LogP contribution >= 0.6 is 0 Å². The van der Waals surface area contributed by atoms with Crippen molar-refractivity contribution in [3.05, 3.63) is 47.8 Å². The van der Waals surface area contributed by atoms with Gasteiger partial charge in [-0.05, 0) is 68.1 Å². The zero-order chi connectivity index (χ0) is 15.6. The highest BCUT2D eigenvalue weighted by atomic mass is 19.1. The zero-order valence-corrected chi connectivity index (χ0v) is 14.1. The molecular formula is C21H31F. The van der Waals surface area contributed by atoms with Crippen LogP contribution in [0.2, 0.25) is 0 Å². The summed E-state index contributed by atoms with van der Waals surface area (Å²) in [6.07, 6.45) is 18.1. The highest BCUT2D eigenvalue weighted by Gasteiger charge is 2.18. The number of aryl methyl sites for hydroxylation is 1. The quantitative estimate of drug-likeness (QED) is 0.370. The van der Waals surface area contributed by atoms with Crippen molar-refractivity contribution >= 4 is 0 Å². The Morgan fingerprint density at radius 1 is 1.05 bits per heavy atom. The number of allylic oxidation sites excluding steroid dienone is 2. The monoisotopic (exact) mass is 302 g/mol. The first-order chi connectivity index (χ1) is 10.8. The molecule has 0 unspecified atom stereocenters. The summed E-state index contributed by atoms with van der Waals surface area (Å²) in [6.45, 7) is 2.29. The van der Waals surface area contributed by atoms with E-state index < -0.39 is 0 Å². The second-order valence-corrected chi connectivity index (χ2v) is 6.87. The smallest absolute Gasteiger partial charge is 0.123 e. The van der Waals surface area contributed by atoms with Crippen molar-refractivity contribution in [2.75, 3.05) is 0 Å². The van der Waals surface area contributed by atoms with Crippen LogP contribution in [0.4, 0.5) is 4.39 Å². The molecule has 0 atom stereocenters. The van der Waals surface area contributed by atoms with Crippen molar-refractivity contribution in [1.82, 2.24) is 0 Å². The lowest BCUT2D eigenvalue weighted by Crippen LogP contribution is -2.13. The fourth-order valence-corrected chi connectivity index (χ4v) is 3.54. The Morgan fingerprint density at radius 3 is 2.45 bits per heavy atom. The number of hydrogen-bond donors (Lipinski definition) is 0. The highest BCUT2D eigenvalue weighted by Crippen LogP contribution is 2.32. The van der Waals surface area contributed by atoms with Gasteiger partial charge < -0.3 is 0 Å². The molecule has 0 amide bonds. The number of unbranched alkanes of at least 4 members (excludes halogenated alkanes) is 2. The number of benzene rings is 1. The molecule has 1 aromatic carbocycles. The molecule has 1 heteroatoms. The molecule has 1 saturated carbocycles. The van der Waals surface area contributed by atoms with Crippen LogP contribution in [0.15, 0.2) is 36.4 Å². The van der Waals surface area contributed by atoms with Crippen LogP contribution in [0.1, 0.15) is 70.3 Å². The molecular weight excluding hydrogens is 271 g/mol. The molecule has 1 aliphatic rings. The van der Waals surface area contributed by atoms with E-state index in [2.05, 4.69) is 19.1 Å². The van der Waals surface area contributed by atoms with Crippen LogP contribution in [0.5, 0.6) is 0 Å². The fourth-order valence-electron chi connectivity index (χ4n) is 3.54. The summed E-state index contributed by atoms with van der Waals surface area (Å²) in [5, 5.41) is 0. The van der Waals surface area contributed by atoms with Gasteiger partial charge in [0.05, 0.1) is 0 Å². The Balaban J connectivity index is 1.60. The maximum absolute atomic E-state index is 12.8. The van der Waals surface area contributed by atoms with Gasteiger partial charge in [0.2, 0.25) is 0 Å². The van der Waals surface area contributed by atoms with E-state index in [0.29, 0.717) is 0 Å². The molecule has 0 nitrogen and oxygen atoms in total. The Bertz CT molecular complexity index is 424. The van der Waals surface area contributed by atoms with Gasteiger partial charge in [0.15, 0.2) is 0 Å². The first-order valence-corrected chi connectivity index (χ1v) is 9.19.